The summed E-state index contributed by atoms with van der Waals surface area (Å²) in [5.41, 5.74) is 1.46. The molecule has 1 atom stereocenters. The van der Waals surface area contributed by atoms with Crippen LogP contribution in [0.1, 0.15) is 34.9 Å². The third-order valence-corrected chi connectivity index (χ3v) is 3.78. The minimum atomic E-state index is -0.989. The number of carboxylic acids is 1. The number of hydrogen-bond donors (Lipinski definition) is 1. The molecule has 0 spiro atoms. The average molecular weight is 274 g/mol. The van der Waals surface area contributed by atoms with Gasteiger partial charge in [0.1, 0.15) is 6.17 Å². The first-order chi connectivity index (χ1) is 9.59. The van der Waals surface area contributed by atoms with Crippen molar-refractivity contribution in [3.8, 4) is 0 Å². The van der Waals surface area contributed by atoms with Crippen LogP contribution in [0.3, 0.4) is 0 Å². The molecule has 1 unspecified atom stereocenters. The Morgan fingerprint density at radius 1 is 1.20 bits per heavy atom. The first-order valence-corrected chi connectivity index (χ1v) is 6.51. The summed E-state index contributed by atoms with van der Waals surface area (Å²) in [6, 6.07) is 7.25. The molecule has 0 aromatic heterocycles. The molecule has 0 saturated carbocycles. The highest BCUT2D eigenvalue weighted by Gasteiger charge is 2.45. The molecule has 2 heterocycles. The van der Waals surface area contributed by atoms with Crippen LogP contribution in [0.25, 0.3) is 0 Å². The molecule has 1 N–H and O–H groups in total. The van der Waals surface area contributed by atoms with Crippen molar-refractivity contribution in [1.29, 1.82) is 0 Å². The summed E-state index contributed by atoms with van der Waals surface area (Å²) in [7, 11) is 0. The summed E-state index contributed by atoms with van der Waals surface area (Å²) in [6.07, 6.45) is -0.576. The quantitative estimate of drug-likeness (QED) is 0.886. The van der Waals surface area contributed by atoms with Gasteiger partial charge in [0.05, 0.1) is 6.42 Å². The minimum Gasteiger partial charge on any atom is -0.481 e. The van der Waals surface area contributed by atoms with Gasteiger partial charge in [0.25, 0.3) is 5.91 Å². The molecule has 1 aromatic carbocycles. The summed E-state index contributed by atoms with van der Waals surface area (Å²) in [4.78, 5) is 38.2. The SMILES string of the molecule is O=C(O)CCC(=O)N1CCN2C(=O)c3ccccc3C12. The maximum atomic E-state index is 12.2. The Labute approximate surface area is 115 Å². The van der Waals surface area contributed by atoms with Gasteiger partial charge in [-0.3, -0.25) is 14.4 Å². The van der Waals surface area contributed by atoms with Crippen LogP contribution < -0.4 is 0 Å². The molecule has 20 heavy (non-hydrogen) atoms. The van der Waals surface area contributed by atoms with Crippen molar-refractivity contribution in [2.45, 2.75) is 19.0 Å². The van der Waals surface area contributed by atoms with Gasteiger partial charge in [0.15, 0.2) is 0 Å². The first kappa shape index (κ1) is 12.7. The summed E-state index contributed by atoms with van der Waals surface area (Å²) in [5.74, 6) is -1.26. The van der Waals surface area contributed by atoms with Gasteiger partial charge in [-0.05, 0) is 6.07 Å². The van der Waals surface area contributed by atoms with Gasteiger partial charge in [-0.25, -0.2) is 0 Å². The van der Waals surface area contributed by atoms with E-state index in [0.717, 1.165) is 5.56 Å². The number of carbonyl (C=O) groups is 3. The Morgan fingerprint density at radius 3 is 2.70 bits per heavy atom. The molecule has 2 amide bonds. The Hall–Kier alpha value is -2.37. The van der Waals surface area contributed by atoms with Crippen molar-refractivity contribution in [2.24, 2.45) is 0 Å². The van der Waals surface area contributed by atoms with E-state index in [-0.39, 0.29) is 30.8 Å². The van der Waals surface area contributed by atoms with E-state index in [0.29, 0.717) is 18.7 Å². The van der Waals surface area contributed by atoms with Crippen LogP contribution >= 0.6 is 0 Å². The molecule has 0 aliphatic carbocycles. The maximum Gasteiger partial charge on any atom is 0.303 e. The molecular weight excluding hydrogens is 260 g/mol. The Balaban J connectivity index is 1.85. The Kier molecular flexibility index (Phi) is 2.93. The predicted octanol–water partition coefficient (Wildman–Crippen LogP) is 0.848. The summed E-state index contributed by atoms with van der Waals surface area (Å²) >= 11 is 0. The van der Waals surface area contributed by atoms with Gasteiger partial charge in [-0.15, -0.1) is 0 Å². The number of nitrogens with zero attached hydrogens (tertiary/aromatic N) is 2. The predicted molar refractivity (Wildman–Crippen MR) is 68.8 cm³/mol. The van der Waals surface area contributed by atoms with Gasteiger partial charge in [-0.2, -0.15) is 0 Å². The number of carboxylic acid groups (broad SMARTS) is 1. The molecule has 6 nitrogen and oxygen atoms in total. The Bertz CT molecular complexity index is 599. The summed E-state index contributed by atoms with van der Waals surface area (Å²) in [6.45, 7) is 0.959. The molecular formula is C14H14N2O4. The highest BCUT2D eigenvalue weighted by atomic mass is 16.4. The van der Waals surface area contributed by atoms with Gasteiger partial charge in [-0.1, -0.05) is 18.2 Å². The third kappa shape index (κ3) is 1.84. The molecule has 6 heteroatoms. The van der Waals surface area contributed by atoms with Gasteiger partial charge < -0.3 is 14.9 Å². The standard InChI is InChI=1S/C14H14N2O4/c17-11(5-6-12(18)19)15-7-8-16-13(15)9-3-1-2-4-10(9)14(16)20/h1-4,13H,5-8H2,(H,18,19). The van der Waals surface area contributed by atoms with E-state index in [1.165, 1.54) is 0 Å². The van der Waals surface area contributed by atoms with Gasteiger partial charge >= 0.3 is 5.97 Å². The van der Waals surface area contributed by atoms with Crippen LogP contribution in [-0.4, -0.2) is 45.8 Å². The molecule has 104 valence electrons. The van der Waals surface area contributed by atoms with E-state index in [1.54, 1.807) is 21.9 Å². The monoisotopic (exact) mass is 274 g/mol. The average Bonchev–Trinajstić information content (AvgIpc) is 2.98. The number of benzene rings is 1. The van der Waals surface area contributed by atoms with Crippen LogP contribution in [0.5, 0.6) is 0 Å². The smallest absolute Gasteiger partial charge is 0.303 e. The van der Waals surface area contributed by atoms with Crippen LogP contribution in [0.2, 0.25) is 0 Å². The number of fused-ring (bicyclic) bond motifs is 3. The molecule has 1 saturated heterocycles. The zero-order chi connectivity index (χ0) is 14.3. The molecule has 0 radical (unpaired) electrons. The highest BCUT2D eigenvalue weighted by molar-refractivity contribution is 6.00. The molecule has 2 aliphatic rings. The van der Waals surface area contributed by atoms with E-state index in [1.807, 2.05) is 12.1 Å². The zero-order valence-corrected chi connectivity index (χ0v) is 10.8. The van der Waals surface area contributed by atoms with Crippen molar-refractivity contribution in [2.75, 3.05) is 13.1 Å². The third-order valence-electron chi connectivity index (χ3n) is 3.78. The maximum absolute atomic E-state index is 12.2. The molecule has 1 fully saturated rings. The van der Waals surface area contributed by atoms with Crippen LogP contribution in [0, 0.1) is 0 Å². The fraction of sp³-hybridized carbons (Fsp3) is 0.357. The number of carbonyl (C=O) groups excluding carboxylic acids is 2. The lowest BCUT2D eigenvalue weighted by molar-refractivity contribution is -0.141. The van der Waals surface area contributed by atoms with E-state index >= 15 is 0 Å². The second-order valence-electron chi connectivity index (χ2n) is 4.94. The normalized spacial score (nSPS) is 20.0. The second kappa shape index (κ2) is 4.63. The summed E-state index contributed by atoms with van der Waals surface area (Å²) < 4.78 is 0. The van der Waals surface area contributed by atoms with Crippen molar-refractivity contribution < 1.29 is 19.5 Å². The van der Waals surface area contributed by atoms with E-state index in [9.17, 15) is 14.4 Å². The lowest BCUT2D eigenvalue weighted by Crippen LogP contribution is -2.33. The van der Waals surface area contributed by atoms with Crippen molar-refractivity contribution in [1.82, 2.24) is 9.80 Å². The molecule has 2 aliphatic heterocycles. The van der Waals surface area contributed by atoms with Crippen molar-refractivity contribution in [3.05, 3.63) is 35.4 Å². The second-order valence-corrected chi connectivity index (χ2v) is 4.94. The number of rotatable bonds is 3. The lowest BCUT2D eigenvalue weighted by atomic mass is 10.1. The number of amides is 2. The Morgan fingerprint density at radius 2 is 1.95 bits per heavy atom. The van der Waals surface area contributed by atoms with Crippen LogP contribution in [0.4, 0.5) is 0 Å². The first-order valence-electron chi connectivity index (χ1n) is 6.51. The fourth-order valence-electron chi connectivity index (χ4n) is 2.87. The zero-order valence-electron chi connectivity index (χ0n) is 10.8. The van der Waals surface area contributed by atoms with E-state index < -0.39 is 5.97 Å². The van der Waals surface area contributed by atoms with Crippen molar-refractivity contribution >= 4 is 17.8 Å². The largest absolute Gasteiger partial charge is 0.481 e. The number of hydrogen-bond acceptors (Lipinski definition) is 3. The topological polar surface area (TPSA) is 77.9 Å². The summed E-state index contributed by atoms with van der Waals surface area (Å²) in [5, 5.41) is 8.66. The van der Waals surface area contributed by atoms with E-state index in [4.69, 9.17) is 5.11 Å². The molecule has 1 aromatic rings. The van der Waals surface area contributed by atoms with E-state index in [2.05, 4.69) is 0 Å². The minimum absolute atomic E-state index is 0.0317. The molecule has 3 rings (SSSR count). The number of aliphatic carboxylic acids is 1. The molecule has 0 bridgehead atoms. The lowest BCUT2D eigenvalue weighted by Gasteiger charge is -2.24. The van der Waals surface area contributed by atoms with Crippen molar-refractivity contribution in [3.63, 3.8) is 0 Å². The van der Waals surface area contributed by atoms with Gasteiger partial charge in [0.2, 0.25) is 5.91 Å². The van der Waals surface area contributed by atoms with Crippen LogP contribution in [-0.2, 0) is 9.59 Å². The fourth-order valence-corrected chi connectivity index (χ4v) is 2.87. The highest BCUT2D eigenvalue weighted by Crippen LogP contribution is 2.39. The van der Waals surface area contributed by atoms with Gasteiger partial charge in [0, 0.05) is 30.6 Å². The van der Waals surface area contributed by atoms with Crippen LogP contribution in [0.15, 0.2) is 24.3 Å².